The van der Waals surface area contributed by atoms with Crippen molar-refractivity contribution in [1.82, 2.24) is 5.32 Å². The molecule has 2 rings (SSSR count). The monoisotopic (exact) mass is 261 g/mol. The predicted molar refractivity (Wildman–Crippen MR) is 72.2 cm³/mol. The number of nitrogens with one attached hydrogen (secondary N) is 1. The third kappa shape index (κ3) is 2.62. The highest BCUT2D eigenvalue weighted by atomic mass is 16.4. The quantitative estimate of drug-likeness (QED) is 0.878. The van der Waals surface area contributed by atoms with E-state index < -0.39 is 11.5 Å². The Bertz CT molecular complexity index is 516. The van der Waals surface area contributed by atoms with Gasteiger partial charge in [-0.2, -0.15) is 0 Å². The number of hydrogen-bond donors (Lipinski definition) is 2. The molecule has 102 valence electrons. The van der Waals surface area contributed by atoms with E-state index in [4.69, 9.17) is 0 Å². The summed E-state index contributed by atoms with van der Waals surface area (Å²) in [6.45, 7) is 3.92. The summed E-state index contributed by atoms with van der Waals surface area (Å²) in [5, 5.41) is 12.1. The first-order chi connectivity index (χ1) is 8.94. The molecule has 0 saturated heterocycles. The lowest BCUT2D eigenvalue weighted by atomic mass is 9.96. The van der Waals surface area contributed by atoms with Gasteiger partial charge in [-0.15, -0.1) is 0 Å². The molecule has 0 heterocycles. The highest BCUT2D eigenvalue weighted by Gasteiger charge is 2.42. The molecule has 1 fully saturated rings. The van der Waals surface area contributed by atoms with Gasteiger partial charge in [0.25, 0.3) is 5.91 Å². The van der Waals surface area contributed by atoms with Crippen LogP contribution in [0.15, 0.2) is 18.2 Å². The number of aryl methyl sites for hydroxylation is 2. The summed E-state index contributed by atoms with van der Waals surface area (Å²) in [6, 6.07) is 5.42. The predicted octanol–water partition coefficient (Wildman–Crippen LogP) is 2.43. The molecule has 19 heavy (non-hydrogen) atoms. The number of amides is 1. The lowest BCUT2D eigenvalue weighted by Gasteiger charge is -2.25. The topological polar surface area (TPSA) is 66.4 Å². The van der Waals surface area contributed by atoms with Gasteiger partial charge in [-0.25, -0.2) is 4.79 Å². The first kappa shape index (κ1) is 13.6. The molecular formula is C15H19NO3. The van der Waals surface area contributed by atoms with Crippen molar-refractivity contribution in [2.75, 3.05) is 0 Å². The summed E-state index contributed by atoms with van der Waals surface area (Å²) in [5.41, 5.74) is 1.60. The second-order valence-corrected chi connectivity index (χ2v) is 5.35. The van der Waals surface area contributed by atoms with Crippen LogP contribution in [0.2, 0.25) is 0 Å². The molecule has 1 amide bonds. The van der Waals surface area contributed by atoms with Crippen LogP contribution < -0.4 is 5.32 Å². The smallest absolute Gasteiger partial charge is 0.329 e. The molecule has 2 N–H and O–H groups in total. The van der Waals surface area contributed by atoms with Crippen LogP contribution in [0.4, 0.5) is 0 Å². The highest BCUT2D eigenvalue weighted by Crippen LogP contribution is 2.30. The maximum absolute atomic E-state index is 12.2. The third-order valence-electron chi connectivity index (χ3n) is 3.99. The van der Waals surface area contributed by atoms with Gasteiger partial charge >= 0.3 is 5.97 Å². The van der Waals surface area contributed by atoms with Crippen molar-refractivity contribution >= 4 is 11.9 Å². The van der Waals surface area contributed by atoms with E-state index in [1.54, 1.807) is 12.1 Å². The van der Waals surface area contributed by atoms with E-state index >= 15 is 0 Å². The molecule has 0 bridgehead atoms. The molecule has 1 aliphatic rings. The first-order valence-electron chi connectivity index (χ1n) is 6.58. The molecule has 1 aromatic rings. The fourth-order valence-electron chi connectivity index (χ4n) is 2.54. The fraction of sp³-hybridized carbons (Fsp3) is 0.467. The van der Waals surface area contributed by atoms with Crippen molar-refractivity contribution in [2.45, 2.75) is 45.1 Å². The number of carbonyl (C=O) groups excluding carboxylic acids is 1. The Kier molecular flexibility index (Phi) is 3.60. The number of carboxylic acids is 1. The normalized spacial score (nSPS) is 17.2. The zero-order valence-corrected chi connectivity index (χ0v) is 11.3. The van der Waals surface area contributed by atoms with E-state index in [0.29, 0.717) is 18.4 Å². The molecule has 0 spiro atoms. The van der Waals surface area contributed by atoms with Gasteiger partial charge in [-0.3, -0.25) is 4.79 Å². The summed E-state index contributed by atoms with van der Waals surface area (Å²) in [5.74, 6) is -1.23. The molecule has 4 nitrogen and oxygen atoms in total. The largest absolute Gasteiger partial charge is 0.480 e. The van der Waals surface area contributed by atoms with E-state index in [2.05, 4.69) is 5.32 Å². The third-order valence-corrected chi connectivity index (χ3v) is 3.99. The molecule has 0 radical (unpaired) electrons. The zero-order valence-electron chi connectivity index (χ0n) is 11.3. The number of carboxylic acid groups (broad SMARTS) is 1. The summed E-state index contributed by atoms with van der Waals surface area (Å²) >= 11 is 0. The molecule has 1 aromatic carbocycles. The van der Waals surface area contributed by atoms with Gasteiger partial charge in [-0.1, -0.05) is 18.9 Å². The van der Waals surface area contributed by atoms with Crippen molar-refractivity contribution in [3.8, 4) is 0 Å². The number of benzene rings is 1. The molecule has 1 saturated carbocycles. The van der Waals surface area contributed by atoms with Crippen molar-refractivity contribution in [3.63, 3.8) is 0 Å². The molecule has 4 heteroatoms. The van der Waals surface area contributed by atoms with E-state index in [-0.39, 0.29) is 5.91 Å². The maximum Gasteiger partial charge on any atom is 0.329 e. The van der Waals surface area contributed by atoms with E-state index in [9.17, 15) is 14.7 Å². The van der Waals surface area contributed by atoms with Crippen LogP contribution in [0.5, 0.6) is 0 Å². The number of aliphatic carboxylic acids is 1. The van der Waals surface area contributed by atoms with E-state index in [1.807, 2.05) is 19.9 Å². The minimum Gasteiger partial charge on any atom is -0.480 e. The summed E-state index contributed by atoms with van der Waals surface area (Å²) < 4.78 is 0. The Morgan fingerprint density at radius 1 is 1.16 bits per heavy atom. The van der Waals surface area contributed by atoms with Crippen LogP contribution in [-0.4, -0.2) is 22.5 Å². The maximum atomic E-state index is 12.2. The summed E-state index contributed by atoms with van der Waals surface area (Å²) in [6.07, 6.45) is 2.72. The van der Waals surface area contributed by atoms with Crippen LogP contribution >= 0.6 is 0 Å². The number of hydrogen-bond acceptors (Lipinski definition) is 2. The molecule has 1 aliphatic carbocycles. The van der Waals surface area contributed by atoms with Crippen molar-refractivity contribution in [3.05, 3.63) is 34.9 Å². The van der Waals surface area contributed by atoms with Crippen LogP contribution in [-0.2, 0) is 4.79 Å². The minimum absolute atomic E-state index is 0.299. The van der Waals surface area contributed by atoms with Gasteiger partial charge in [0.15, 0.2) is 0 Å². The van der Waals surface area contributed by atoms with Crippen LogP contribution in [0.25, 0.3) is 0 Å². The Labute approximate surface area is 112 Å². The first-order valence-corrected chi connectivity index (χ1v) is 6.58. The van der Waals surface area contributed by atoms with Crippen molar-refractivity contribution < 1.29 is 14.7 Å². The molecule has 0 unspecified atom stereocenters. The van der Waals surface area contributed by atoms with Gasteiger partial charge in [0.2, 0.25) is 0 Å². The second kappa shape index (κ2) is 5.03. The average Bonchev–Trinajstić information content (AvgIpc) is 2.82. The molecular weight excluding hydrogens is 242 g/mol. The van der Waals surface area contributed by atoms with Gasteiger partial charge < -0.3 is 10.4 Å². The molecule has 0 atom stereocenters. The Balaban J connectivity index is 2.20. The van der Waals surface area contributed by atoms with E-state index in [0.717, 1.165) is 24.0 Å². The fourth-order valence-corrected chi connectivity index (χ4v) is 2.54. The van der Waals surface area contributed by atoms with Crippen LogP contribution in [0.1, 0.15) is 47.2 Å². The van der Waals surface area contributed by atoms with Crippen LogP contribution in [0.3, 0.4) is 0 Å². The zero-order chi connectivity index (χ0) is 14.0. The second-order valence-electron chi connectivity index (χ2n) is 5.35. The van der Waals surface area contributed by atoms with Crippen molar-refractivity contribution in [1.29, 1.82) is 0 Å². The molecule has 0 aromatic heterocycles. The average molecular weight is 261 g/mol. The standard InChI is InChI=1S/C15H19NO3/c1-10-5-6-12(9-11(10)2)13(17)16-15(14(18)19)7-3-4-8-15/h5-6,9H,3-4,7-8H2,1-2H3,(H,16,17)(H,18,19). The minimum atomic E-state index is -1.07. The van der Waals surface area contributed by atoms with E-state index in [1.165, 1.54) is 0 Å². The Hall–Kier alpha value is -1.84. The highest BCUT2D eigenvalue weighted by molar-refractivity contribution is 5.98. The number of rotatable bonds is 3. The van der Waals surface area contributed by atoms with Gasteiger partial charge in [0.05, 0.1) is 0 Å². The Morgan fingerprint density at radius 3 is 2.32 bits per heavy atom. The van der Waals surface area contributed by atoms with Gasteiger partial charge in [0.1, 0.15) is 5.54 Å². The Morgan fingerprint density at radius 2 is 1.79 bits per heavy atom. The molecule has 0 aliphatic heterocycles. The SMILES string of the molecule is Cc1ccc(C(=O)NC2(C(=O)O)CCCC2)cc1C. The summed E-state index contributed by atoms with van der Waals surface area (Å²) in [4.78, 5) is 23.6. The number of carbonyl (C=O) groups is 2. The van der Waals surface area contributed by atoms with Gasteiger partial charge in [0, 0.05) is 5.56 Å². The lowest BCUT2D eigenvalue weighted by Crippen LogP contribution is -2.52. The van der Waals surface area contributed by atoms with Crippen molar-refractivity contribution in [2.24, 2.45) is 0 Å². The van der Waals surface area contributed by atoms with Gasteiger partial charge in [-0.05, 0) is 49.9 Å². The lowest BCUT2D eigenvalue weighted by molar-refractivity contribution is -0.144. The summed E-state index contributed by atoms with van der Waals surface area (Å²) in [7, 11) is 0. The van der Waals surface area contributed by atoms with Crippen LogP contribution in [0, 0.1) is 13.8 Å².